The van der Waals surface area contributed by atoms with Gasteiger partial charge in [-0.1, -0.05) is 6.42 Å². The highest BCUT2D eigenvalue weighted by atomic mass is 32.2. The van der Waals surface area contributed by atoms with Crippen molar-refractivity contribution < 1.29 is 19.8 Å². The third-order valence-corrected chi connectivity index (χ3v) is 4.64. The quantitative estimate of drug-likeness (QED) is 0.640. The van der Waals surface area contributed by atoms with Gasteiger partial charge < -0.3 is 20.8 Å². The van der Waals surface area contributed by atoms with E-state index < -0.39 is 12.0 Å². The number of hydrogen-bond donors (Lipinski definition) is 4. The zero-order valence-corrected chi connectivity index (χ0v) is 12.3. The van der Waals surface area contributed by atoms with E-state index in [1.165, 1.54) is 25.0 Å². The maximum Gasteiger partial charge on any atom is 0.337 e. The summed E-state index contributed by atoms with van der Waals surface area (Å²) in [6.07, 6.45) is 3.50. The minimum Gasteiger partial charge on any atom is -0.508 e. The molecule has 0 aliphatic carbocycles. The number of rotatable bonds is 4. The van der Waals surface area contributed by atoms with E-state index in [9.17, 15) is 14.7 Å². The third kappa shape index (κ3) is 4.56. The number of carboxylic acids is 1. The second-order valence-corrected chi connectivity index (χ2v) is 6.27. The molecule has 2 amide bonds. The summed E-state index contributed by atoms with van der Waals surface area (Å²) < 4.78 is 0. The fourth-order valence-electron chi connectivity index (χ4n) is 2.16. The molecule has 6 nitrogen and oxygen atoms in total. The second-order valence-electron chi connectivity index (χ2n) is 4.86. The average Bonchev–Trinajstić information content (AvgIpc) is 2.48. The minimum atomic E-state index is -1.20. The van der Waals surface area contributed by atoms with E-state index in [1.807, 2.05) is 11.8 Å². The molecule has 2 rings (SSSR count). The smallest absolute Gasteiger partial charge is 0.337 e. The van der Waals surface area contributed by atoms with Gasteiger partial charge in [-0.2, -0.15) is 11.8 Å². The van der Waals surface area contributed by atoms with Gasteiger partial charge in [0.2, 0.25) is 0 Å². The van der Waals surface area contributed by atoms with Crippen LogP contribution in [-0.2, 0) is 0 Å². The molecule has 0 aromatic heterocycles. The number of hydrogen-bond acceptors (Lipinski definition) is 4. The number of aromatic hydroxyl groups is 1. The first-order valence-electron chi connectivity index (χ1n) is 6.79. The van der Waals surface area contributed by atoms with Crippen molar-refractivity contribution in [1.82, 2.24) is 5.32 Å². The van der Waals surface area contributed by atoms with Crippen molar-refractivity contribution in [3.8, 4) is 5.75 Å². The van der Waals surface area contributed by atoms with E-state index in [2.05, 4.69) is 10.6 Å². The van der Waals surface area contributed by atoms with E-state index in [4.69, 9.17) is 5.11 Å². The van der Waals surface area contributed by atoms with E-state index in [-0.39, 0.29) is 17.0 Å². The number of benzene rings is 1. The van der Waals surface area contributed by atoms with Crippen molar-refractivity contribution >= 4 is 29.4 Å². The molecule has 7 heteroatoms. The summed E-state index contributed by atoms with van der Waals surface area (Å²) in [5, 5.41) is 24.0. The van der Waals surface area contributed by atoms with Crippen molar-refractivity contribution in [3.63, 3.8) is 0 Å². The summed E-state index contributed by atoms with van der Waals surface area (Å²) in [4.78, 5) is 22.9. The van der Waals surface area contributed by atoms with Crippen LogP contribution in [0.5, 0.6) is 5.75 Å². The van der Waals surface area contributed by atoms with Gasteiger partial charge >= 0.3 is 12.0 Å². The fourth-order valence-corrected chi connectivity index (χ4v) is 3.40. The molecule has 1 atom stereocenters. The predicted molar refractivity (Wildman–Crippen MR) is 82.2 cm³/mol. The van der Waals surface area contributed by atoms with E-state index >= 15 is 0 Å². The van der Waals surface area contributed by atoms with Gasteiger partial charge in [-0.3, -0.25) is 0 Å². The molecule has 1 saturated heterocycles. The SMILES string of the molecule is O=C(NCC1CCCCS1)Nc1ccc(O)cc1C(=O)O. The van der Waals surface area contributed by atoms with Gasteiger partial charge in [-0.25, -0.2) is 9.59 Å². The topological polar surface area (TPSA) is 98.7 Å². The van der Waals surface area contributed by atoms with Gasteiger partial charge in [0.25, 0.3) is 0 Å². The molecule has 1 aliphatic heterocycles. The Hall–Kier alpha value is -1.89. The molecule has 0 bridgehead atoms. The average molecular weight is 310 g/mol. The molecule has 0 radical (unpaired) electrons. The molecule has 1 heterocycles. The zero-order valence-electron chi connectivity index (χ0n) is 11.5. The molecule has 114 valence electrons. The van der Waals surface area contributed by atoms with Crippen molar-refractivity contribution in [2.45, 2.75) is 24.5 Å². The van der Waals surface area contributed by atoms with Crippen LogP contribution in [0.25, 0.3) is 0 Å². The van der Waals surface area contributed by atoms with Gasteiger partial charge in [-0.15, -0.1) is 0 Å². The summed E-state index contributed by atoms with van der Waals surface area (Å²) in [6.45, 7) is 0.566. The fraction of sp³-hybridized carbons (Fsp3) is 0.429. The first kappa shape index (κ1) is 15.5. The molecule has 4 N–H and O–H groups in total. The highest BCUT2D eigenvalue weighted by molar-refractivity contribution is 7.99. The van der Waals surface area contributed by atoms with Crippen LogP contribution in [0.4, 0.5) is 10.5 Å². The van der Waals surface area contributed by atoms with E-state index in [0.29, 0.717) is 11.8 Å². The number of phenolic OH excluding ortho intramolecular Hbond substituents is 1. The summed E-state index contributed by atoms with van der Waals surface area (Å²) in [5.41, 5.74) is 0.0197. The second kappa shape index (κ2) is 7.21. The molecule has 1 aromatic rings. The van der Waals surface area contributed by atoms with Crippen LogP contribution in [0, 0.1) is 0 Å². The maximum absolute atomic E-state index is 11.8. The zero-order chi connectivity index (χ0) is 15.2. The van der Waals surface area contributed by atoms with Crippen molar-refractivity contribution in [3.05, 3.63) is 23.8 Å². The molecule has 1 aliphatic rings. The van der Waals surface area contributed by atoms with Crippen molar-refractivity contribution in [2.75, 3.05) is 17.6 Å². The van der Waals surface area contributed by atoms with Crippen LogP contribution < -0.4 is 10.6 Å². The van der Waals surface area contributed by atoms with Crippen LogP contribution in [0.1, 0.15) is 29.6 Å². The number of anilines is 1. The summed E-state index contributed by atoms with van der Waals surface area (Å²) in [5.74, 6) is -0.240. The number of aromatic carboxylic acids is 1. The Morgan fingerprint density at radius 2 is 2.14 bits per heavy atom. The number of carbonyl (C=O) groups excluding carboxylic acids is 1. The van der Waals surface area contributed by atoms with Crippen LogP contribution in [-0.4, -0.2) is 39.8 Å². The summed E-state index contributed by atoms with van der Waals surface area (Å²) in [6, 6.07) is 3.37. The molecule has 0 spiro atoms. The van der Waals surface area contributed by atoms with Crippen LogP contribution in [0.3, 0.4) is 0 Å². The molecular weight excluding hydrogens is 292 g/mol. The Morgan fingerprint density at radius 3 is 2.81 bits per heavy atom. The van der Waals surface area contributed by atoms with Gasteiger partial charge in [0.15, 0.2) is 0 Å². The van der Waals surface area contributed by atoms with Crippen molar-refractivity contribution in [1.29, 1.82) is 0 Å². The molecule has 1 aromatic carbocycles. The number of phenols is 1. The van der Waals surface area contributed by atoms with Gasteiger partial charge in [0.05, 0.1) is 11.3 Å². The highest BCUT2D eigenvalue weighted by Gasteiger charge is 2.16. The normalized spacial score (nSPS) is 18.0. The monoisotopic (exact) mass is 310 g/mol. The lowest BCUT2D eigenvalue weighted by molar-refractivity contribution is 0.0697. The first-order valence-corrected chi connectivity index (χ1v) is 7.84. The van der Waals surface area contributed by atoms with Crippen LogP contribution >= 0.6 is 11.8 Å². The minimum absolute atomic E-state index is 0.141. The highest BCUT2D eigenvalue weighted by Crippen LogP contribution is 2.24. The summed E-state index contributed by atoms with van der Waals surface area (Å²) >= 11 is 1.85. The Morgan fingerprint density at radius 1 is 1.33 bits per heavy atom. The summed E-state index contributed by atoms with van der Waals surface area (Å²) in [7, 11) is 0. The molecular formula is C14H18N2O4S. The first-order chi connectivity index (χ1) is 10.1. The largest absolute Gasteiger partial charge is 0.508 e. The Kier molecular flexibility index (Phi) is 5.32. The van der Waals surface area contributed by atoms with Crippen LogP contribution in [0.2, 0.25) is 0 Å². The lowest BCUT2D eigenvalue weighted by atomic mass is 10.1. The van der Waals surface area contributed by atoms with Crippen LogP contribution in [0.15, 0.2) is 18.2 Å². The molecule has 21 heavy (non-hydrogen) atoms. The van der Waals surface area contributed by atoms with Gasteiger partial charge in [-0.05, 0) is 36.8 Å². The van der Waals surface area contributed by atoms with E-state index in [0.717, 1.165) is 18.2 Å². The predicted octanol–water partition coefficient (Wildman–Crippen LogP) is 2.50. The van der Waals surface area contributed by atoms with E-state index in [1.54, 1.807) is 0 Å². The molecule has 1 fully saturated rings. The Balaban J connectivity index is 1.91. The Labute approximate surface area is 126 Å². The lowest BCUT2D eigenvalue weighted by Crippen LogP contribution is -2.35. The van der Waals surface area contributed by atoms with Gasteiger partial charge in [0, 0.05) is 11.8 Å². The third-order valence-electron chi connectivity index (χ3n) is 3.25. The number of amides is 2. The number of carboxylic acid groups (broad SMARTS) is 1. The number of carbonyl (C=O) groups is 2. The standard InChI is InChI=1S/C14H18N2O4S/c17-9-4-5-12(11(7-9)13(18)19)16-14(20)15-8-10-3-1-2-6-21-10/h4-5,7,10,17H,1-3,6,8H2,(H,18,19)(H2,15,16,20). The number of urea groups is 1. The molecule has 1 unspecified atom stereocenters. The Bertz CT molecular complexity index is 530. The van der Waals surface area contributed by atoms with Gasteiger partial charge in [0.1, 0.15) is 5.75 Å². The van der Waals surface area contributed by atoms with Crippen molar-refractivity contribution in [2.24, 2.45) is 0 Å². The molecule has 0 saturated carbocycles. The maximum atomic E-state index is 11.8. The lowest BCUT2D eigenvalue weighted by Gasteiger charge is -2.21. The number of nitrogens with one attached hydrogen (secondary N) is 2. The number of thioether (sulfide) groups is 1.